The summed E-state index contributed by atoms with van der Waals surface area (Å²) in [4.78, 5) is 18.8. The zero-order valence-corrected chi connectivity index (χ0v) is 8.49. The SMILES string of the molecule is NC(=O)Nc1nc(-c2cccnc2)cs1. The Morgan fingerprint density at radius 1 is 1.53 bits per heavy atom. The van der Waals surface area contributed by atoms with E-state index in [4.69, 9.17) is 5.73 Å². The fraction of sp³-hybridized carbons (Fsp3) is 0. The molecule has 2 amide bonds. The third-order valence-electron chi connectivity index (χ3n) is 1.69. The number of thiazole rings is 1. The van der Waals surface area contributed by atoms with Gasteiger partial charge in [0, 0.05) is 23.3 Å². The van der Waals surface area contributed by atoms with Crippen molar-refractivity contribution >= 4 is 22.5 Å². The molecule has 15 heavy (non-hydrogen) atoms. The first-order chi connectivity index (χ1) is 7.25. The second-order valence-corrected chi connectivity index (χ2v) is 3.63. The van der Waals surface area contributed by atoms with Crippen LogP contribution in [-0.4, -0.2) is 16.0 Å². The Hall–Kier alpha value is -1.95. The molecule has 5 nitrogen and oxygen atoms in total. The predicted molar refractivity (Wildman–Crippen MR) is 58.6 cm³/mol. The van der Waals surface area contributed by atoms with Crippen LogP contribution in [0.5, 0.6) is 0 Å². The molecule has 2 rings (SSSR count). The van der Waals surface area contributed by atoms with Gasteiger partial charge < -0.3 is 5.73 Å². The number of rotatable bonds is 2. The molecule has 76 valence electrons. The molecular weight excluding hydrogens is 212 g/mol. The summed E-state index contributed by atoms with van der Waals surface area (Å²) in [5.41, 5.74) is 6.66. The van der Waals surface area contributed by atoms with Crippen LogP contribution in [0.3, 0.4) is 0 Å². The quantitative estimate of drug-likeness (QED) is 0.808. The van der Waals surface area contributed by atoms with Crippen molar-refractivity contribution < 1.29 is 4.79 Å². The maximum atomic E-state index is 10.6. The first-order valence-electron chi connectivity index (χ1n) is 4.18. The van der Waals surface area contributed by atoms with Crippen molar-refractivity contribution in [3.8, 4) is 11.3 Å². The first kappa shape index (κ1) is 9.60. The number of nitrogens with one attached hydrogen (secondary N) is 1. The monoisotopic (exact) mass is 220 g/mol. The third kappa shape index (κ3) is 2.29. The summed E-state index contributed by atoms with van der Waals surface area (Å²) in [5, 5.41) is 4.74. The van der Waals surface area contributed by atoms with Crippen LogP contribution in [0.15, 0.2) is 29.9 Å². The predicted octanol–water partition coefficient (Wildman–Crippen LogP) is 1.70. The number of nitrogens with zero attached hydrogens (tertiary/aromatic N) is 2. The zero-order chi connectivity index (χ0) is 10.7. The molecule has 0 bridgehead atoms. The van der Waals surface area contributed by atoms with Crippen LogP contribution < -0.4 is 11.1 Å². The van der Waals surface area contributed by atoms with E-state index in [0.29, 0.717) is 5.13 Å². The Labute approximate surface area is 90.0 Å². The maximum Gasteiger partial charge on any atom is 0.318 e. The molecule has 0 spiro atoms. The molecule has 3 N–H and O–H groups in total. The van der Waals surface area contributed by atoms with Gasteiger partial charge in [-0.05, 0) is 12.1 Å². The summed E-state index contributed by atoms with van der Waals surface area (Å²) in [6, 6.07) is 3.12. The molecule has 0 saturated carbocycles. The summed E-state index contributed by atoms with van der Waals surface area (Å²) < 4.78 is 0. The molecule has 0 radical (unpaired) electrons. The lowest BCUT2D eigenvalue weighted by atomic mass is 10.2. The smallest absolute Gasteiger partial charge is 0.318 e. The van der Waals surface area contributed by atoms with E-state index in [-0.39, 0.29) is 0 Å². The van der Waals surface area contributed by atoms with E-state index in [9.17, 15) is 4.79 Å². The van der Waals surface area contributed by atoms with Crippen molar-refractivity contribution in [2.24, 2.45) is 5.73 Å². The fourth-order valence-electron chi connectivity index (χ4n) is 1.08. The average molecular weight is 220 g/mol. The molecule has 0 aliphatic carbocycles. The zero-order valence-electron chi connectivity index (χ0n) is 7.68. The highest BCUT2D eigenvalue weighted by Crippen LogP contribution is 2.23. The number of primary amides is 1. The van der Waals surface area contributed by atoms with Crippen molar-refractivity contribution in [2.45, 2.75) is 0 Å². The molecule has 0 atom stereocenters. The van der Waals surface area contributed by atoms with Crippen molar-refractivity contribution in [2.75, 3.05) is 5.32 Å². The summed E-state index contributed by atoms with van der Waals surface area (Å²) in [6.45, 7) is 0. The number of hydrogen-bond donors (Lipinski definition) is 2. The minimum absolute atomic E-state index is 0.487. The standard InChI is InChI=1S/C9H8N4OS/c10-8(14)13-9-12-7(5-15-9)6-2-1-3-11-4-6/h1-5H,(H3,10,12,13,14). The van der Waals surface area contributed by atoms with E-state index in [1.54, 1.807) is 12.4 Å². The fourth-order valence-corrected chi connectivity index (χ4v) is 1.81. The highest BCUT2D eigenvalue weighted by molar-refractivity contribution is 7.14. The molecule has 0 aliphatic heterocycles. The van der Waals surface area contributed by atoms with Gasteiger partial charge in [-0.25, -0.2) is 9.78 Å². The van der Waals surface area contributed by atoms with E-state index < -0.39 is 6.03 Å². The number of hydrogen-bond acceptors (Lipinski definition) is 4. The highest BCUT2D eigenvalue weighted by atomic mass is 32.1. The number of anilines is 1. The van der Waals surface area contributed by atoms with E-state index in [1.807, 2.05) is 17.5 Å². The molecular formula is C9H8N4OS. The van der Waals surface area contributed by atoms with Gasteiger partial charge in [-0.2, -0.15) is 0 Å². The number of carbonyl (C=O) groups excluding carboxylic acids is 1. The van der Waals surface area contributed by atoms with Gasteiger partial charge in [-0.15, -0.1) is 11.3 Å². The number of urea groups is 1. The van der Waals surface area contributed by atoms with Crippen LogP contribution in [0.1, 0.15) is 0 Å². The molecule has 2 aromatic heterocycles. The highest BCUT2D eigenvalue weighted by Gasteiger charge is 2.05. The van der Waals surface area contributed by atoms with Gasteiger partial charge in [0.25, 0.3) is 0 Å². The molecule has 2 heterocycles. The Bertz CT molecular complexity index is 468. The van der Waals surface area contributed by atoms with Gasteiger partial charge >= 0.3 is 6.03 Å². The van der Waals surface area contributed by atoms with E-state index in [1.165, 1.54) is 11.3 Å². The minimum Gasteiger partial charge on any atom is -0.351 e. The van der Waals surface area contributed by atoms with Gasteiger partial charge in [0.15, 0.2) is 5.13 Å². The van der Waals surface area contributed by atoms with Crippen molar-refractivity contribution in [1.82, 2.24) is 9.97 Å². The second kappa shape index (κ2) is 4.05. The van der Waals surface area contributed by atoms with Crippen molar-refractivity contribution in [3.05, 3.63) is 29.9 Å². The van der Waals surface area contributed by atoms with Crippen LogP contribution in [0, 0.1) is 0 Å². The Balaban J connectivity index is 2.24. The van der Waals surface area contributed by atoms with E-state index in [0.717, 1.165) is 11.3 Å². The van der Waals surface area contributed by atoms with E-state index in [2.05, 4.69) is 15.3 Å². The van der Waals surface area contributed by atoms with E-state index >= 15 is 0 Å². The molecule has 6 heteroatoms. The normalized spacial score (nSPS) is 9.87. The number of nitrogens with two attached hydrogens (primary N) is 1. The Morgan fingerprint density at radius 3 is 3.07 bits per heavy atom. The van der Waals surface area contributed by atoms with Crippen LogP contribution in [0.4, 0.5) is 9.93 Å². The lowest BCUT2D eigenvalue weighted by Gasteiger charge is -1.94. The van der Waals surface area contributed by atoms with Crippen LogP contribution in [-0.2, 0) is 0 Å². The number of aromatic nitrogens is 2. The van der Waals surface area contributed by atoms with Crippen molar-refractivity contribution in [3.63, 3.8) is 0 Å². The van der Waals surface area contributed by atoms with Gasteiger partial charge in [0.1, 0.15) is 0 Å². The first-order valence-corrected chi connectivity index (χ1v) is 5.06. The molecule has 2 aromatic rings. The van der Waals surface area contributed by atoms with Gasteiger partial charge in [-0.1, -0.05) is 0 Å². The second-order valence-electron chi connectivity index (χ2n) is 2.77. The number of pyridine rings is 1. The van der Waals surface area contributed by atoms with Gasteiger partial charge in [0.05, 0.1) is 5.69 Å². The van der Waals surface area contributed by atoms with Crippen LogP contribution in [0.25, 0.3) is 11.3 Å². The lowest BCUT2D eigenvalue weighted by molar-refractivity contribution is 0.259. The van der Waals surface area contributed by atoms with Gasteiger partial charge in [0.2, 0.25) is 0 Å². The Morgan fingerprint density at radius 2 is 2.40 bits per heavy atom. The molecule has 0 unspecified atom stereocenters. The molecule has 0 aliphatic rings. The average Bonchev–Trinajstić information content (AvgIpc) is 2.67. The summed E-state index contributed by atoms with van der Waals surface area (Å²) in [6.07, 6.45) is 3.40. The summed E-state index contributed by atoms with van der Waals surface area (Å²) in [5.74, 6) is 0. The summed E-state index contributed by atoms with van der Waals surface area (Å²) in [7, 11) is 0. The lowest BCUT2D eigenvalue weighted by Crippen LogP contribution is -2.18. The largest absolute Gasteiger partial charge is 0.351 e. The maximum absolute atomic E-state index is 10.6. The third-order valence-corrected chi connectivity index (χ3v) is 2.45. The van der Waals surface area contributed by atoms with Gasteiger partial charge in [-0.3, -0.25) is 10.3 Å². The van der Waals surface area contributed by atoms with Crippen LogP contribution >= 0.6 is 11.3 Å². The van der Waals surface area contributed by atoms with Crippen molar-refractivity contribution in [1.29, 1.82) is 0 Å². The Kier molecular flexibility index (Phi) is 2.59. The number of amides is 2. The molecule has 0 saturated heterocycles. The topological polar surface area (TPSA) is 80.9 Å². The number of carbonyl (C=O) groups is 1. The van der Waals surface area contributed by atoms with Crippen LogP contribution in [0.2, 0.25) is 0 Å². The molecule has 0 aromatic carbocycles. The molecule has 0 fully saturated rings. The minimum atomic E-state index is -0.609. The summed E-state index contributed by atoms with van der Waals surface area (Å²) >= 11 is 1.32.